The third-order valence-electron chi connectivity index (χ3n) is 3.33. The molecule has 0 fully saturated rings. The second kappa shape index (κ2) is 7.21. The zero-order valence-electron chi connectivity index (χ0n) is 12.0. The molecule has 0 radical (unpaired) electrons. The van der Waals surface area contributed by atoms with Crippen LogP contribution in [-0.2, 0) is 0 Å². The van der Waals surface area contributed by atoms with Crippen LogP contribution in [0.5, 0.6) is 17.2 Å². The summed E-state index contributed by atoms with van der Waals surface area (Å²) in [6.07, 6.45) is 0.0968. The molecule has 0 amide bonds. The lowest BCUT2D eigenvalue weighted by Crippen LogP contribution is -2.21. The maximum Gasteiger partial charge on any atom is 0.164 e. The molecule has 19 heavy (non-hydrogen) atoms. The number of hydrogen-bond donors (Lipinski definition) is 2. The van der Waals surface area contributed by atoms with Gasteiger partial charge in [-0.2, -0.15) is 0 Å². The third kappa shape index (κ3) is 3.30. The van der Waals surface area contributed by atoms with E-state index in [9.17, 15) is 5.11 Å². The normalized spacial score (nSPS) is 13.8. The van der Waals surface area contributed by atoms with Crippen molar-refractivity contribution in [2.45, 2.75) is 19.4 Å². The molecule has 1 aromatic carbocycles. The highest BCUT2D eigenvalue weighted by atomic mass is 16.5. The van der Waals surface area contributed by atoms with Gasteiger partial charge in [0, 0.05) is 17.5 Å². The molecule has 0 aliphatic rings. The van der Waals surface area contributed by atoms with Gasteiger partial charge >= 0.3 is 0 Å². The quantitative estimate of drug-likeness (QED) is 0.788. The fraction of sp³-hybridized carbons (Fsp3) is 0.571. The van der Waals surface area contributed by atoms with Gasteiger partial charge in [0.25, 0.3) is 0 Å². The van der Waals surface area contributed by atoms with Crippen molar-refractivity contribution in [2.75, 3.05) is 27.9 Å². The largest absolute Gasteiger partial charge is 0.496 e. The summed E-state index contributed by atoms with van der Waals surface area (Å²) in [5.74, 6) is 1.67. The van der Waals surface area contributed by atoms with Crippen LogP contribution in [0.25, 0.3) is 0 Å². The Kier molecular flexibility index (Phi) is 5.92. The minimum absolute atomic E-state index is 0.0213. The first-order valence-corrected chi connectivity index (χ1v) is 6.30. The van der Waals surface area contributed by atoms with Gasteiger partial charge in [-0.3, -0.25) is 0 Å². The summed E-state index contributed by atoms with van der Waals surface area (Å²) in [5.41, 5.74) is 6.35. The summed E-state index contributed by atoms with van der Waals surface area (Å²) in [7, 11) is 4.67. The number of nitrogens with two attached hydrogens (primary N) is 1. The van der Waals surface area contributed by atoms with Gasteiger partial charge in [-0.1, -0.05) is 6.92 Å². The zero-order valence-corrected chi connectivity index (χ0v) is 12.0. The van der Waals surface area contributed by atoms with E-state index in [0.29, 0.717) is 29.4 Å². The van der Waals surface area contributed by atoms with E-state index >= 15 is 0 Å². The first kappa shape index (κ1) is 15.6. The average molecular weight is 269 g/mol. The number of ether oxygens (including phenoxy) is 3. The van der Waals surface area contributed by atoms with Crippen LogP contribution in [0, 0.1) is 5.92 Å². The molecule has 3 N–H and O–H groups in total. The molecule has 108 valence electrons. The van der Waals surface area contributed by atoms with Gasteiger partial charge < -0.3 is 25.1 Å². The molecular weight excluding hydrogens is 246 g/mol. The number of methoxy groups -OCH3 is 3. The van der Waals surface area contributed by atoms with E-state index in [1.54, 1.807) is 33.5 Å². The summed E-state index contributed by atoms with van der Waals surface area (Å²) in [6.45, 7) is 2.41. The average Bonchev–Trinajstić information content (AvgIpc) is 2.46. The Labute approximate surface area is 114 Å². The van der Waals surface area contributed by atoms with Crippen LogP contribution < -0.4 is 19.9 Å². The highest BCUT2D eigenvalue weighted by Gasteiger charge is 2.23. The summed E-state index contributed by atoms with van der Waals surface area (Å²) >= 11 is 0. The van der Waals surface area contributed by atoms with E-state index in [1.807, 2.05) is 6.92 Å². The van der Waals surface area contributed by atoms with Crippen molar-refractivity contribution < 1.29 is 19.3 Å². The SMILES string of the molecule is CCC(CN)C(O)c1cc(OC)c(OC)cc1OC. The summed E-state index contributed by atoms with van der Waals surface area (Å²) < 4.78 is 15.8. The van der Waals surface area contributed by atoms with Crippen LogP contribution in [0.4, 0.5) is 0 Å². The smallest absolute Gasteiger partial charge is 0.164 e. The van der Waals surface area contributed by atoms with Gasteiger partial charge in [0.2, 0.25) is 0 Å². The second-order valence-electron chi connectivity index (χ2n) is 4.30. The molecule has 0 aliphatic carbocycles. The Morgan fingerprint density at radius 1 is 1.05 bits per heavy atom. The lowest BCUT2D eigenvalue weighted by molar-refractivity contribution is 0.106. The van der Waals surface area contributed by atoms with Crippen LogP contribution in [0.3, 0.4) is 0 Å². The molecule has 0 heterocycles. The van der Waals surface area contributed by atoms with Gasteiger partial charge in [0.15, 0.2) is 11.5 Å². The van der Waals surface area contributed by atoms with Crippen LogP contribution in [-0.4, -0.2) is 33.0 Å². The van der Waals surface area contributed by atoms with Crippen LogP contribution >= 0.6 is 0 Å². The standard InChI is InChI=1S/C14H23NO4/c1-5-9(8-15)14(16)10-6-12(18-3)13(19-4)7-11(10)17-2/h6-7,9,14,16H,5,8,15H2,1-4H3. The molecule has 0 saturated heterocycles. The maximum atomic E-state index is 10.4. The molecule has 5 nitrogen and oxygen atoms in total. The Morgan fingerprint density at radius 2 is 1.58 bits per heavy atom. The number of hydrogen-bond acceptors (Lipinski definition) is 5. The molecule has 2 unspecified atom stereocenters. The molecule has 1 rings (SSSR count). The number of benzene rings is 1. The van der Waals surface area contributed by atoms with Crippen molar-refractivity contribution in [3.63, 3.8) is 0 Å². The fourth-order valence-electron chi connectivity index (χ4n) is 2.06. The van der Waals surface area contributed by atoms with Crippen LogP contribution in [0.15, 0.2) is 12.1 Å². The molecule has 2 atom stereocenters. The molecule has 0 bridgehead atoms. The molecule has 5 heteroatoms. The van der Waals surface area contributed by atoms with Crippen molar-refractivity contribution in [3.05, 3.63) is 17.7 Å². The summed E-state index contributed by atoms with van der Waals surface area (Å²) in [4.78, 5) is 0. The Balaban J connectivity index is 3.24. The molecule has 0 aliphatic heterocycles. The molecule has 1 aromatic rings. The molecule has 0 aromatic heterocycles. The monoisotopic (exact) mass is 269 g/mol. The van der Waals surface area contributed by atoms with Crippen molar-refractivity contribution in [1.82, 2.24) is 0 Å². The molecule has 0 spiro atoms. The number of aliphatic hydroxyl groups excluding tert-OH is 1. The Bertz CT molecular complexity index is 405. The minimum atomic E-state index is -0.690. The highest BCUT2D eigenvalue weighted by molar-refractivity contribution is 5.51. The lowest BCUT2D eigenvalue weighted by atomic mass is 9.92. The van der Waals surface area contributed by atoms with E-state index in [2.05, 4.69) is 0 Å². The highest BCUT2D eigenvalue weighted by Crippen LogP contribution is 2.39. The topological polar surface area (TPSA) is 73.9 Å². The van der Waals surface area contributed by atoms with Crippen LogP contribution in [0.2, 0.25) is 0 Å². The predicted molar refractivity (Wildman–Crippen MR) is 73.9 cm³/mol. The van der Waals surface area contributed by atoms with Crippen molar-refractivity contribution >= 4 is 0 Å². The van der Waals surface area contributed by atoms with E-state index < -0.39 is 6.10 Å². The lowest BCUT2D eigenvalue weighted by Gasteiger charge is -2.23. The van der Waals surface area contributed by atoms with Gasteiger partial charge in [-0.15, -0.1) is 0 Å². The van der Waals surface area contributed by atoms with Crippen molar-refractivity contribution in [2.24, 2.45) is 11.7 Å². The first-order chi connectivity index (χ1) is 9.12. The fourth-order valence-corrected chi connectivity index (χ4v) is 2.06. The summed E-state index contributed by atoms with van der Waals surface area (Å²) in [6, 6.07) is 3.45. The third-order valence-corrected chi connectivity index (χ3v) is 3.33. The molecular formula is C14H23NO4. The van der Waals surface area contributed by atoms with Gasteiger partial charge in [0.05, 0.1) is 27.4 Å². The zero-order chi connectivity index (χ0) is 14.4. The minimum Gasteiger partial charge on any atom is -0.496 e. The molecule has 0 saturated carbocycles. The van der Waals surface area contributed by atoms with Gasteiger partial charge in [-0.25, -0.2) is 0 Å². The Hall–Kier alpha value is -1.46. The number of aliphatic hydroxyl groups is 1. The number of rotatable bonds is 7. The maximum absolute atomic E-state index is 10.4. The van der Waals surface area contributed by atoms with Gasteiger partial charge in [-0.05, 0) is 19.0 Å². The van der Waals surface area contributed by atoms with E-state index in [4.69, 9.17) is 19.9 Å². The second-order valence-corrected chi connectivity index (χ2v) is 4.30. The van der Waals surface area contributed by atoms with Gasteiger partial charge in [0.1, 0.15) is 5.75 Å². The van der Waals surface area contributed by atoms with Crippen LogP contribution in [0.1, 0.15) is 25.0 Å². The Morgan fingerprint density at radius 3 is 2.00 bits per heavy atom. The van der Waals surface area contributed by atoms with E-state index in [-0.39, 0.29) is 5.92 Å². The van der Waals surface area contributed by atoms with E-state index in [0.717, 1.165) is 6.42 Å². The van der Waals surface area contributed by atoms with E-state index in [1.165, 1.54) is 0 Å². The summed E-state index contributed by atoms with van der Waals surface area (Å²) in [5, 5.41) is 10.4. The first-order valence-electron chi connectivity index (χ1n) is 6.30. The van der Waals surface area contributed by atoms with Crippen molar-refractivity contribution in [3.8, 4) is 17.2 Å². The predicted octanol–water partition coefficient (Wildman–Crippen LogP) is 1.73. The van der Waals surface area contributed by atoms with Crippen molar-refractivity contribution in [1.29, 1.82) is 0 Å².